The summed E-state index contributed by atoms with van der Waals surface area (Å²) in [5, 5.41) is 6.54. The number of aromatic nitrogens is 4. The van der Waals surface area contributed by atoms with E-state index in [1.807, 2.05) is 48.8 Å². The van der Waals surface area contributed by atoms with Crippen molar-refractivity contribution < 1.29 is 0 Å². The van der Waals surface area contributed by atoms with Gasteiger partial charge < -0.3 is 15.0 Å². The number of nitrogens with one attached hydrogen (secondary N) is 2. The maximum absolute atomic E-state index is 4.57. The molecule has 0 amide bonds. The summed E-state index contributed by atoms with van der Waals surface area (Å²) < 4.78 is 1.96. The van der Waals surface area contributed by atoms with Gasteiger partial charge in [0.1, 0.15) is 5.82 Å². The van der Waals surface area contributed by atoms with Crippen LogP contribution in [0.15, 0.2) is 36.8 Å². The molecule has 0 saturated carbocycles. The van der Waals surface area contributed by atoms with Crippen LogP contribution in [-0.4, -0.2) is 25.9 Å². The molecule has 2 N–H and O–H groups in total. The molecule has 3 aromatic heterocycles. The first-order valence-corrected chi connectivity index (χ1v) is 7.00. The summed E-state index contributed by atoms with van der Waals surface area (Å²) >= 11 is 0. The molecule has 0 unspecified atom stereocenters. The Balaban J connectivity index is 1.86. The molecule has 0 bridgehead atoms. The van der Waals surface area contributed by atoms with Gasteiger partial charge in [-0.25, -0.2) is 9.97 Å². The minimum absolute atomic E-state index is 0.618. The van der Waals surface area contributed by atoms with E-state index < -0.39 is 0 Å². The van der Waals surface area contributed by atoms with Crippen molar-refractivity contribution in [2.75, 3.05) is 17.2 Å². The molecule has 0 saturated heterocycles. The fourth-order valence-electron chi connectivity index (χ4n) is 2.19. The molecular formula is C15H18N6. The van der Waals surface area contributed by atoms with Gasteiger partial charge in [0.25, 0.3) is 0 Å². The number of aryl methyl sites for hydroxylation is 1. The molecule has 3 aromatic rings. The summed E-state index contributed by atoms with van der Waals surface area (Å²) in [6.07, 6.45) is 5.61. The molecule has 0 atom stereocenters. The van der Waals surface area contributed by atoms with Crippen LogP contribution in [0, 0.1) is 6.92 Å². The third-order valence-corrected chi connectivity index (χ3v) is 3.11. The molecule has 0 aliphatic rings. The Hall–Kier alpha value is -2.63. The molecule has 0 spiro atoms. The van der Waals surface area contributed by atoms with E-state index in [-0.39, 0.29) is 0 Å². The Bertz CT molecular complexity index is 749. The first-order chi connectivity index (χ1) is 10.3. The molecule has 21 heavy (non-hydrogen) atoms. The molecule has 3 rings (SSSR count). The molecule has 0 aliphatic heterocycles. The van der Waals surface area contributed by atoms with Gasteiger partial charge in [-0.3, -0.25) is 4.98 Å². The van der Waals surface area contributed by atoms with Crippen molar-refractivity contribution in [2.24, 2.45) is 0 Å². The van der Waals surface area contributed by atoms with Gasteiger partial charge in [0.15, 0.2) is 11.5 Å². The topological polar surface area (TPSA) is 67.1 Å². The number of anilines is 2. The first-order valence-electron chi connectivity index (χ1n) is 7.00. The Labute approximate surface area is 123 Å². The van der Waals surface area contributed by atoms with E-state index in [0.717, 1.165) is 35.2 Å². The second-order valence-corrected chi connectivity index (χ2v) is 4.79. The van der Waals surface area contributed by atoms with Crippen molar-refractivity contribution in [3.05, 3.63) is 48.2 Å². The number of imidazole rings is 1. The van der Waals surface area contributed by atoms with Gasteiger partial charge in [-0.05, 0) is 26.0 Å². The van der Waals surface area contributed by atoms with Gasteiger partial charge in [-0.1, -0.05) is 6.07 Å². The normalized spacial score (nSPS) is 10.8. The quantitative estimate of drug-likeness (QED) is 0.752. The second-order valence-electron chi connectivity index (χ2n) is 4.79. The predicted octanol–water partition coefficient (Wildman–Crippen LogP) is 2.48. The highest BCUT2D eigenvalue weighted by atomic mass is 15.1. The number of pyridine rings is 1. The van der Waals surface area contributed by atoms with Gasteiger partial charge in [0.05, 0.1) is 18.4 Å². The van der Waals surface area contributed by atoms with E-state index in [4.69, 9.17) is 0 Å². The van der Waals surface area contributed by atoms with Crippen LogP contribution < -0.4 is 10.6 Å². The van der Waals surface area contributed by atoms with Crippen LogP contribution in [0.25, 0.3) is 5.65 Å². The van der Waals surface area contributed by atoms with Gasteiger partial charge in [0, 0.05) is 24.6 Å². The molecule has 0 aliphatic carbocycles. The fraction of sp³-hybridized carbons (Fsp3) is 0.267. The van der Waals surface area contributed by atoms with Crippen LogP contribution in [0.4, 0.5) is 11.6 Å². The van der Waals surface area contributed by atoms with Gasteiger partial charge in [-0.15, -0.1) is 0 Å². The van der Waals surface area contributed by atoms with Crippen molar-refractivity contribution >= 4 is 17.3 Å². The van der Waals surface area contributed by atoms with Crippen LogP contribution in [0.1, 0.15) is 18.3 Å². The predicted molar refractivity (Wildman–Crippen MR) is 83.5 cm³/mol. The van der Waals surface area contributed by atoms with E-state index in [1.165, 1.54) is 0 Å². The number of rotatable bonds is 5. The molecular weight excluding hydrogens is 264 g/mol. The van der Waals surface area contributed by atoms with E-state index in [2.05, 4.69) is 25.6 Å². The molecule has 0 aromatic carbocycles. The second kappa shape index (κ2) is 5.78. The summed E-state index contributed by atoms with van der Waals surface area (Å²) in [7, 11) is 0. The average Bonchev–Trinajstić information content (AvgIpc) is 2.93. The first kappa shape index (κ1) is 13.4. The number of fused-ring (bicyclic) bond motifs is 1. The zero-order valence-electron chi connectivity index (χ0n) is 12.2. The maximum Gasteiger partial charge on any atom is 0.180 e. The minimum atomic E-state index is 0.618. The number of hydrogen-bond acceptors (Lipinski definition) is 5. The summed E-state index contributed by atoms with van der Waals surface area (Å²) in [4.78, 5) is 13.4. The Morgan fingerprint density at radius 2 is 2.10 bits per heavy atom. The fourth-order valence-corrected chi connectivity index (χ4v) is 2.19. The third-order valence-electron chi connectivity index (χ3n) is 3.11. The lowest BCUT2D eigenvalue weighted by Gasteiger charge is -2.10. The zero-order chi connectivity index (χ0) is 14.7. The van der Waals surface area contributed by atoms with Crippen LogP contribution in [0.2, 0.25) is 0 Å². The zero-order valence-corrected chi connectivity index (χ0v) is 12.2. The molecule has 108 valence electrons. The maximum atomic E-state index is 4.57. The summed E-state index contributed by atoms with van der Waals surface area (Å²) in [5.41, 5.74) is 2.80. The van der Waals surface area contributed by atoms with Crippen LogP contribution in [0.5, 0.6) is 0 Å². The van der Waals surface area contributed by atoms with Crippen molar-refractivity contribution in [1.82, 2.24) is 19.4 Å². The lowest BCUT2D eigenvalue weighted by molar-refractivity contribution is 0.994. The smallest absolute Gasteiger partial charge is 0.180 e. The highest BCUT2D eigenvalue weighted by Crippen LogP contribution is 2.17. The van der Waals surface area contributed by atoms with Crippen molar-refractivity contribution in [2.45, 2.75) is 20.4 Å². The van der Waals surface area contributed by atoms with E-state index in [1.54, 1.807) is 6.20 Å². The monoisotopic (exact) mass is 282 g/mol. The third kappa shape index (κ3) is 2.94. The molecule has 0 fully saturated rings. The van der Waals surface area contributed by atoms with E-state index in [9.17, 15) is 0 Å². The molecule has 6 nitrogen and oxygen atoms in total. The van der Waals surface area contributed by atoms with Gasteiger partial charge >= 0.3 is 0 Å². The van der Waals surface area contributed by atoms with Crippen LogP contribution in [-0.2, 0) is 6.54 Å². The molecule has 0 radical (unpaired) electrons. The standard InChI is InChI=1S/C15H18N6/c1-3-16-13-10-21-8-7-17-15(21)14(20-13)18-9-12-6-4-5-11(2)19-12/h4-8,10,16H,3,9H2,1-2H3,(H,18,20). The van der Waals surface area contributed by atoms with Gasteiger partial charge in [-0.2, -0.15) is 0 Å². The largest absolute Gasteiger partial charge is 0.369 e. The van der Waals surface area contributed by atoms with E-state index >= 15 is 0 Å². The van der Waals surface area contributed by atoms with Gasteiger partial charge in [0.2, 0.25) is 0 Å². The van der Waals surface area contributed by atoms with E-state index in [0.29, 0.717) is 6.54 Å². The summed E-state index contributed by atoms with van der Waals surface area (Å²) in [5.74, 6) is 1.57. The van der Waals surface area contributed by atoms with Crippen molar-refractivity contribution in [1.29, 1.82) is 0 Å². The lowest BCUT2D eigenvalue weighted by atomic mass is 10.3. The molecule has 6 heteroatoms. The number of nitrogens with zero attached hydrogens (tertiary/aromatic N) is 4. The highest BCUT2D eigenvalue weighted by Gasteiger charge is 2.07. The number of hydrogen-bond donors (Lipinski definition) is 2. The SMILES string of the molecule is CCNc1cn2ccnc2c(NCc2cccc(C)n2)n1. The lowest BCUT2D eigenvalue weighted by Crippen LogP contribution is -2.08. The Kier molecular flexibility index (Phi) is 3.68. The van der Waals surface area contributed by atoms with Crippen molar-refractivity contribution in [3.63, 3.8) is 0 Å². The summed E-state index contributed by atoms with van der Waals surface area (Å²) in [6, 6.07) is 5.99. The average molecular weight is 282 g/mol. The van der Waals surface area contributed by atoms with Crippen LogP contribution >= 0.6 is 0 Å². The Morgan fingerprint density at radius 3 is 2.90 bits per heavy atom. The van der Waals surface area contributed by atoms with Crippen LogP contribution in [0.3, 0.4) is 0 Å². The Morgan fingerprint density at radius 1 is 1.19 bits per heavy atom. The molecule has 3 heterocycles. The van der Waals surface area contributed by atoms with Crippen molar-refractivity contribution in [3.8, 4) is 0 Å². The summed E-state index contributed by atoms with van der Waals surface area (Å²) in [6.45, 7) is 5.47. The highest BCUT2D eigenvalue weighted by molar-refractivity contribution is 5.65. The minimum Gasteiger partial charge on any atom is -0.369 e.